The van der Waals surface area contributed by atoms with Gasteiger partial charge in [-0.2, -0.15) is 26.3 Å². The van der Waals surface area contributed by atoms with Crippen LogP contribution in [0.1, 0.15) is 13.8 Å². The Morgan fingerprint density at radius 3 is 1.18 bits per heavy atom. The third kappa shape index (κ3) is 19.5. The van der Waals surface area contributed by atoms with Gasteiger partial charge in [-0.25, -0.2) is 0 Å². The maximum atomic E-state index is 13.0. The molecule has 2 heterocycles. The summed E-state index contributed by atoms with van der Waals surface area (Å²) in [7, 11) is 0. The molecule has 0 aromatic heterocycles. The van der Waals surface area contributed by atoms with E-state index >= 15 is 0 Å². The fraction of sp³-hybridized carbons (Fsp3) is 0.733. The van der Waals surface area contributed by atoms with Gasteiger partial charge in [0, 0.05) is 6.08 Å². The van der Waals surface area contributed by atoms with Gasteiger partial charge in [0.1, 0.15) is 0 Å². The van der Waals surface area contributed by atoms with E-state index < -0.39 is 48.6 Å². The fourth-order valence-electron chi connectivity index (χ4n) is 1.79. The Labute approximate surface area is 176 Å². The molecule has 0 atom stereocenters. The molecule has 18 heteroatoms. The lowest BCUT2D eigenvalue weighted by atomic mass is 10.1. The highest BCUT2D eigenvalue weighted by molar-refractivity contribution is 5.03. The Hall–Kier alpha value is -1.66. The lowest BCUT2D eigenvalue weighted by molar-refractivity contribution is -0.258. The van der Waals surface area contributed by atoms with E-state index in [1.54, 1.807) is 0 Å². The third-order valence-electron chi connectivity index (χ3n) is 2.97. The van der Waals surface area contributed by atoms with E-state index in [0.29, 0.717) is 19.3 Å². The summed E-state index contributed by atoms with van der Waals surface area (Å²) >= 11 is 0. The van der Waals surface area contributed by atoms with Crippen LogP contribution >= 0.6 is 0 Å². The molecule has 0 amide bonds. The number of halogens is 14. The molecule has 0 unspecified atom stereocenters. The van der Waals surface area contributed by atoms with Crippen molar-refractivity contribution in [2.45, 2.75) is 44.2 Å². The summed E-state index contributed by atoms with van der Waals surface area (Å²) in [6.45, 7) is 3.10. The van der Waals surface area contributed by atoms with Crippen molar-refractivity contribution in [2.75, 3.05) is 26.4 Å². The Morgan fingerprint density at radius 1 is 0.606 bits per heavy atom. The topological polar surface area (TPSA) is 36.9 Å². The molecule has 2 fully saturated rings. The van der Waals surface area contributed by atoms with Crippen LogP contribution < -0.4 is 0 Å². The lowest BCUT2D eigenvalue weighted by Crippen LogP contribution is -2.45. The van der Waals surface area contributed by atoms with Crippen LogP contribution in [-0.2, 0) is 18.9 Å². The number of rotatable bonds is 3. The zero-order chi connectivity index (χ0) is 26.7. The molecule has 2 aliphatic heterocycles. The van der Waals surface area contributed by atoms with E-state index in [-0.39, 0.29) is 13.2 Å². The summed E-state index contributed by atoms with van der Waals surface area (Å²) in [5.74, 6) is -7.28. The normalized spacial score (nSPS) is 19.0. The molecule has 0 saturated carbocycles. The van der Waals surface area contributed by atoms with Crippen molar-refractivity contribution in [3.63, 3.8) is 0 Å². The lowest BCUT2D eigenvalue weighted by Gasteiger charge is -2.28. The molecule has 2 aliphatic rings. The second kappa shape index (κ2) is 13.3. The van der Waals surface area contributed by atoms with Gasteiger partial charge in [0.25, 0.3) is 12.2 Å². The van der Waals surface area contributed by atoms with Gasteiger partial charge < -0.3 is 18.9 Å². The van der Waals surface area contributed by atoms with Crippen molar-refractivity contribution in [1.82, 2.24) is 0 Å². The SMILES string of the molecule is CC1(C(F)(F)C=C(F)F)OCCO1.CC1(C=C(F)F)OCCO1.FC(F)(F)F.FC(F)(F)F. The first-order chi connectivity index (χ1) is 14.5. The van der Waals surface area contributed by atoms with Gasteiger partial charge in [0.05, 0.1) is 32.5 Å². The molecule has 0 aromatic carbocycles. The van der Waals surface area contributed by atoms with Crippen LogP contribution in [0.5, 0.6) is 0 Å². The summed E-state index contributed by atoms with van der Waals surface area (Å²) < 4.78 is 169. The van der Waals surface area contributed by atoms with Crippen LogP contribution in [0.15, 0.2) is 24.3 Å². The molecule has 2 saturated heterocycles. The van der Waals surface area contributed by atoms with E-state index in [9.17, 15) is 61.5 Å². The monoisotopic (exact) mass is 526 g/mol. The Morgan fingerprint density at radius 2 is 0.909 bits per heavy atom. The van der Waals surface area contributed by atoms with E-state index in [0.717, 1.165) is 6.92 Å². The molecule has 2 rings (SSSR count). The van der Waals surface area contributed by atoms with Gasteiger partial charge in [-0.3, -0.25) is 0 Å². The predicted octanol–water partition coefficient (Wildman–Crippen LogP) is 6.65. The quantitative estimate of drug-likeness (QED) is 0.387. The van der Waals surface area contributed by atoms with Crippen LogP contribution in [0.3, 0.4) is 0 Å². The molecule has 0 aromatic rings. The standard InChI is InChI=1S/C7H8F4O2.C6H8F2O2.2CF4/c1-6(12-2-3-13-6)7(10,11)4-5(8)9;1-6(4-5(7)8)9-2-3-10-6;2*2-1(3,4)5/h4H,2-3H2,1H3;4H,2-3H2,1H3;;. The maximum absolute atomic E-state index is 13.0. The van der Waals surface area contributed by atoms with Crippen LogP contribution in [0, 0.1) is 0 Å². The van der Waals surface area contributed by atoms with Gasteiger partial charge >= 0.3 is 18.8 Å². The van der Waals surface area contributed by atoms with Gasteiger partial charge in [-0.1, -0.05) is 0 Å². The zero-order valence-corrected chi connectivity index (χ0v) is 16.4. The summed E-state index contributed by atoms with van der Waals surface area (Å²) in [5.41, 5.74) is 0. The van der Waals surface area contributed by atoms with E-state index in [4.69, 9.17) is 9.47 Å². The molecular weight excluding hydrogens is 510 g/mol. The second-order valence-corrected chi connectivity index (χ2v) is 5.70. The Balaban J connectivity index is 0. The Bertz CT molecular complexity index is 585. The van der Waals surface area contributed by atoms with Crippen molar-refractivity contribution in [1.29, 1.82) is 0 Å². The average Bonchev–Trinajstić information content (AvgIpc) is 3.12. The summed E-state index contributed by atoms with van der Waals surface area (Å²) in [4.78, 5) is 0. The maximum Gasteiger partial charge on any atom is 0.559 e. The van der Waals surface area contributed by atoms with E-state index in [1.165, 1.54) is 6.92 Å². The summed E-state index contributed by atoms with van der Waals surface area (Å²) in [6.07, 6.45) is -15.0. The van der Waals surface area contributed by atoms with Gasteiger partial charge in [0.2, 0.25) is 5.79 Å². The highest BCUT2D eigenvalue weighted by Gasteiger charge is 2.54. The molecule has 198 valence electrons. The molecular formula is C15H16F14O4. The zero-order valence-electron chi connectivity index (χ0n) is 16.4. The molecule has 0 N–H and O–H groups in total. The minimum atomic E-state index is -5.50. The summed E-state index contributed by atoms with van der Waals surface area (Å²) in [5, 5.41) is 0. The number of ether oxygens (including phenoxy) is 4. The predicted molar refractivity (Wildman–Crippen MR) is 80.5 cm³/mol. The van der Waals surface area contributed by atoms with Crippen LogP contribution in [0.4, 0.5) is 61.5 Å². The first-order valence-electron chi connectivity index (χ1n) is 8.02. The van der Waals surface area contributed by atoms with Gasteiger partial charge in [-0.05, 0) is 13.8 Å². The highest BCUT2D eigenvalue weighted by atomic mass is 19.5. The summed E-state index contributed by atoms with van der Waals surface area (Å²) in [6, 6.07) is 0. The van der Waals surface area contributed by atoms with Crippen molar-refractivity contribution in [2.24, 2.45) is 0 Å². The van der Waals surface area contributed by atoms with E-state index in [1.807, 2.05) is 0 Å². The van der Waals surface area contributed by atoms with Gasteiger partial charge in [0.15, 0.2) is 5.79 Å². The average molecular weight is 526 g/mol. The van der Waals surface area contributed by atoms with Gasteiger partial charge in [-0.15, -0.1) is 35.1 Å². The number of hydrogen-bond acceptors (Lipinski definition) is 4. The molecule has 4 nitrogen and oxygen atoms in total. The first kappa shape index (κ1) is 33.5. The van der Waals surface area contributed by atoms with Crippen LogP contribution in [-0.4, -0.2) is 56.8 Å². The molecule has 33 heavy (non-hydrogen) atoms. The van der Waals surface area contributed by atoms with Crippen LogP contribution in [0.25, 0.3) is 0 Å². The third-order valence-corrected chi connectivity index (χ3v) is 2.97. The van der Waals surface area contributed by atoms with E-state index in [2.05, 4.69) is 9.47 Å². The largest absolute Gasteiger partial charge is 0.559 e. The molecule has 0 aliphatic carbocycles. The fourth-order valence-corrected chi connectivity index (χ4v) is 1.79. The van der Waals surface area contributed by atoms with Crippen molar-refractivity contribution < 1.29 is 80.4 Å². The first-order valence-corrected chi connectivity index (χ1v) is 8.02. The van der Waals surface area contributed by atoms with Crippen molar-refractivity contribution >= 4 is 0 Å². The second-order valence-electron chi connectivity index (χ2n) is 5.70. The number of alkyl halides is 10. The van der Waals surface area contributed by atoms with Crippen molar-refractivity contribution in [3.05, 3.63) is 24.3 Å². The highest BCUT2D eigenvalue weighted by Crippen LogP contribution is 2.38. The smallest absolute Gasteiger partial charge is 0.344 e. The molecule has 0 spiro atoms. The van der Waals surface area contributed by atoms with Crippen molar-refractivity contribution in [3.8, 4) is 0 Å². The number of hydrogen-bond donors (Lipinski definition) is 0. The van der Waals surface area contributed by atoms with Crippen LogP contribution in [0.2, 0.25) is 0 Å². The Kier molecular flexibility index (Phi) is 13.5. The minimum absolute atomic E-state index is 0.0200. The molecule has 0 radical (unpaired) electrons. The minimum Gasteiger partial charge on any atom is -0.344 e. The molecule has 0 bridgehead atoms.